The molecule has 2 fully saturated rings. The van der Waals surface area contributed by atoms with Crippen molar-refractivity contribution < 1.29 is 0 Å². The third-order valence-electron chi connectivity index (χ3n) is 4.18. The molecule has 106 valence electrons. The molecule has 4 rings (SSSR count). The van der Waals surface area contributed by atoms with Crippen LogP contribution in [0.2, 0.25) is 0 Å². The molecule has 0 aromatic carbocycles. The van der Waals surface area contributed by atoms with E-state index in [2.05, 4.69) is 26.6 Å². The largest absolute Gasteiger partial charge is 0.357 e. The maximum absolute atomic E-state index is 4.76. The second-order valence-corrected chi connectivity index (χ2v) is 6.95. The second kappa shape index (κ2) is 4.88. The maximum atomic E-state index is 4.76. The molecule has 0 spiro atoms. The van der Waals surface area contributed by atoms with Gasteiger partial charge in [-0.3, -0.25) is 0 Å². The number of nitrogens with one attached hydrogen (secondary N) is 1. The van der Waals surface area contributed by atoms with Gasteiger partial charge in [-0.15, -0.1) is 11.3 Å². The zero-order valence-electron chi connectivity index (χ0n) is 11.8. The van der Waals surface area contributed by atoms with E-state index in [1.165, 1.54) is 44.2 Å². The van der Waals surface area contributed by atoms with Gasteiger partial charge in [0.05, 0.1) is 5.39 Å². The highest BCUT2D eigenvalue weighted by molar-refractivity contribution is 7.16. The Bertz CT molecular complexity index is 601. The zero-order chi connectivity index (χ0) is 13.5. The van der Waals surface area contributed by atoms with Crippen LogP contribution in [0.1, 0.15) is 25.7 Å². The van der Waals surface area contributed by atoms with Gasteiger partial charge < -0.3 is 10.2 Å². The molecule has 20 heavy (non-hydrogen) atoms. The van der Waals surface area contributed by atoms with E-state index in [-0.39, 0.29) is 0 Å². The Morgan fingerprint density at radius 1 is 1.20 bits per heavy atom. The van der Waals surface area contributed by atoms with Crippen molar-refractivity contribution in [3.05, 3.63) is 11.4 Å². The minimum Gasteiger partial charge on any atom is -0.357 e. The Balaban J connectivity index is 1.73. The topological polar surface area (TPSA) is 41.1 Å². The highest BCUT2D eigenvalue weighted by Gasteiger charge is 2.30. The van der Waals surface area contributed by atoms with Gasteiger partial charge in [0, 0.05) is 20.1 Å². The molecular weight excluding hydrogens is 268 g/mol. The monoisotopic (exact) mass is 288 g/mol. The van der Waals surface area contributed by atoms with E-state index in [0.29, 0.717) is 0 Å². The lowest BCUT2D eigenvalue weighted by Gasteiger charge is -2.24. The SMILES string of the molecule is CNc1nc(N(CC2CC2)CC2CC2)c2ccsc2n1. The minimum atomic E-state index is 0.742. The Kier molecular flexibility index (Phi) is 3.02. The molecule has 2 aromatic heterocycles. The summed E-state index contributed by atoms with van der Waals surface area (Å²) in [4.78, 5) is 12.9. The van der Waals surface area contributed by atoms with Crippen molar-refractivity contribution in [1.82, 2.24) is 9.97 Å². The van der Waals surface area contributed by atoms with Crippen LogP contribution in [0.5, 0.6) is 0 Å². The Hall–Kier alpha value is -1.36. The number of nitrogens with zero attached hydrogens (tertiary/aromatic N) is 3. The van der Waals surface area contributed by atoms with Crippen molar-refractivity contribution in [2.75, 3.05) is 30.4 Å². The predicted octanol–water partition coefficient (Wildman–Crippen LogP) is 3.36. The number of fused-ring (bicyclic) bond motifs is 1. The van der Waals surface area contributed by atoms with Crippen LogP contribution >= 0.6 is 11.3 Å². The van der Waals surface area contributed by atoms with Crippen LogP contribution in [0.4, 0.5) is 11.8 Å². The smallest absolute Gasteiger partial charge is 0.225 e. The number of anilines is 2. The van der Waals surface area contributed by atoms with Gasteiger partial charge in [-0.1, -0.05) is 0 Å². The summed E-state index contributed by atoms with van der Waals surface area (Å²) in [6.07, 6.45) is 5.55. The number of rotatable bonds is 6. The molecule has 0 bridgehead atoms. The first-order valence-electron chi connectivity index (χ1n) is 7.51. The lowest BCUT2D eigenvalue weighted by molar-refractivity contribution is 0.674. The molecule has 4 nitrogen and oxygen atoms in total. The molecule has 0 unspecified atom stereocenters. The third kappa shape index (κ3) is 2.46. The van der Waals surface area contributed by atoms with Crippen LogP contribution in [0.25, 0.3) is 10.2 Å². The van der Waals surface area contributed by atoms with E-state index in [1.807, 2.05) is 7.05 Å². The van der Waals surface area contributed by atoms with E-state index >= 15 is 0 Å². The van der Waals surface area contributed by atoms with Crippen LogP contribution in [0.3, 0.4) is 0 Å². The highest BCUT2D eigenvalue weighted by Crippen LogP contribution is 2.38. The molecule has 1 N–H and O–H groups in total. The molecule has 0 amide bonds. The fourth-order valence-corrected chi connectivity index (χ4v) is 3.42. The van der Waals surface area contributed by atoms with E-state index in [9.17, 15) is 0 Å². The van der Waals surface area contributed by atoms with Crippen LogP contribution in [-0.4, -0.2) is 30.1 Å². The van der Waals surface area contributed by atoms with Crippen molar-refractivity contribution in [1.29, 1.82) is 0 Å². The van der Waals surface area contributed by atoms with Gasteiger partial charge in [-0.05, 0) is 49.0 Å². The van der Waals surface area contributed by atoms with Crippen molar-refractivity contribution >= 4 is 33.3 Å². The van der Waals surface area contributed by atoms with Crippen LogP contribution in [0, 0.1) is 11.8 Å². The summed E-state index contributed by atoms with van der Waals surface area (Å²) < 4.78 is 0. The molecule has 2 saturated carbocycles. The highest BCUT2D eigenvalue weighted by atomic mass is 32.1. The maximum Gasteiger partial charge on any atom is 0.225 e. The van der Waals surface area contributed by atoms with Gasteiger partial charge in [0.1, 0.15) is 10.6 Å². The first-order valence-corrected chi connectivity index (χ1v) is 8.39. The van der Waals surface area contributed by atoms with Gasteiger partial charge in [-0.25, -0.2) is 4.98 Å². The molecule has 5 heteroatoms. The van der Waals surface area contributed by atoms with Gasteiger partial charge in [0.15, 0.2) is 0 Å². The molecule has 0 atom stereocenters. The third-order valence-corrected chi connectivity index (χ3v) is 4.99. The van der Waals surface area contributed by atoms with Crippen LogP contribution in [-0.2, 0) is 0 Å². The molecule has 2 aliphatic rings. The summed E-state index contributed by atoms with van der Waals surface area (Å²) in [5, 5.41) is 6.44. The predicted molar refractivity (Wildman–Crippen MR) is 84.6 cm³/mol. The normalized spacial score (nSPS) is 18.4. The summed E-state index contributed by atoms with van der Waals surface area (Å²) in [5.41, 5.74) is 0. The summed E-state index contributed by atoms with van der Waals surface area (Å²) >= 11 is 1.70. The number of hydrogen-bond acceptors (Lipinski definition) is 5. The quantitative estimate of drug-likeness (QED) is 0.885. The average molecular weight is 288 g/mol. The second-order valence-electron chi connectivity index (χ2n) is 6.05. The van der Waals surface area contributed by atoms with Gasteiger partial charge in [0.25, 0.3) is 0 Å². The minimum absolute atomic E-state index is 0.742. The molecule has 0 radical (unpaired) electrons. The van der Waals surface area contributed by atoms with E-state index in [1.54, 1.807) is 11.3 Å². The van der Waals surface area contributed by atoms with Crippen LogP contribution in [0.15, 0.2) is 11.4 Å². The lowest BCUT2D eigenvalue weighted by Crippen LogP contribution is -2.29. The molecule has 0 aliphatic heterocycles. The Labute approximate surface area is 123 Å². The molecular formula is C15H20N4S. The first kappa shape index (κ1) is 12.4. The molecule has 0 saturated heterocycles. The number of hydrogen-bond donors (Lipinski definition) is 1. The van der Waals surface area contributed by atoms with Gasteiger partial charge in [-0.2, -0.15) is 4.98 Å². The number of aromatic nitrogens is 2. The summed E-state index contributed by atoms with van der Waals surface area (Å²) in [5.74, 6) is 3.65. The lowest BCUT2D eigenvalue weighted by atomic mass is 10.2. The average Bonchev–Trinajstić information content (AvgIpc) is 3.38. The van der Waals surface area contributed by atoms with E-state index in [4.69, 9.17) is 4.98 Å². The Morgan fingerprint density at radius 2 is 1.90 bits per heavy atom. The van der Waals surface area contributed by atoms with E-state index < -0.39 is 0 Å². The fraction of sp³-hybridized carbons (Fsp3) is 0.600. The summed E-state index contributed by atoms with van der Waals surface area (Å²) in [7, 11) is 1.89. The fourth-order valence-electron chi connectivity index (χ4n) is 2.66. The molecule has 2 aromatic rings. The summed E-state index contributed by atoms with van der Waals surface area (Å²) in [6.45, 7) is 2.34. The van der Waals surface area contributed by atoms with Crippen molar-refractivity contribution in [2.45, 2.75) is 25.7 Å². The zero-order valence-corrected chi connectivity index (χ0v) is 12.6. The molecule has 2 aliphatic carbocycles. The van der Waals surface area contributed by atoms with Crippen molar-refractivity contribution in [3.8, 4) is 0 Å². The number of thiophene rings is 1. The standard InChI is InChI=1S/C15H20N4S/c1-16-15-17-13(12-6-7-20-14(12)18-15)19(8-10-2-3-10)9-11-4-5-11/h6-7,10-11H,2-5,8-9H2,1H3,(H,16,17,18). The van der Waals surface area contributed by atoms with Gasteiger partial charge >= 0.3 is 0 Å². The van der Waals surface area contributed by atoms with Crippen molar-refractivity contribution in [2.24, 2.45) is 11.8 Å². The van der Waals surface area contributed by atoms with Crippen LogP contribution < -0.4 is 10.2 Å². The van der Waals surface area contributed by atoms with E-state index in [0.717, 1.165) is 28.4 Å². The van der Waals surface area contributed by atoms with Crippen molar-refractivity contribution in [3.63, 3.8) is 0 Å². The Morgan fingerprint density at radius 3 is 2.50 bits per heavy atom. The van der Waals surface area contributed by atoms with Gasteiger partial charge in [0.2, 0.25) is 5.95 Å². The first-order chi connectivity index (χ1) is 9.83. The summed E-state index contributed by atoms with van der Waals surface area (Å²) in [6, 6.07) is 2.17. The molecule has 2 heterocycles.